The summed E-state index contributed by atoms with van der Waals surface area (Å²) in [5.41, 5.74) is 7.64. The Kier molecular flexibility index (Phi) is 5.37. The Morgan fingerprint density at radius 2 is 1.97 bits per heavy atom. The maximum absolute atomic E-state index is 14.2. The molecule has 30 heavy (non-hydrogen) atoms. The van der Waals surface area contributed by atoms with Crippen molar-refractivity contribution in [3.63, 3.8) is 0 Å². The molecule has 0 spiro atoms. The average molecular weight is 427 g/mol. The lowest BCUT2D eigenvalue weighted by molar-refractivity contribution is 0.0944. The zero-order valence-corrected chi connectivity index (χ0v) is 16.4. The molecular formula is C22H17ClF2N4O. The van der Waals surface area contributed by atoms with Crippen LogP contribution < -0.4 is 11.1 Å². The third kappa shape index (κ3) is 3.97. The predicted octanol–water partition coefficient (Wildman–Crippen LogP) is 5.03. The first-order chi connectivity index (χ1) is 14.4. The number of benzene rings is 2. The van der Waals surface area contributed by atoms with Gasteiger partial charge in [-0.15, -0.1) is 0 Å². The van der Waals surface area contributed by atoms with Crippen molar-refractivity contribution in [2.45, 2.75) is 12.5 Å². The van der Waals surface area contributed by atoms with Gasteiger partial charge in [0.15, 0.2) is 0 Å². The maximum Gasteiger partial charge on any atom is 0.251 e. The van der Waals surface area contributed by atoms with Gasteiger partial charge in [0.05, 0.1) is 16.6 Å². The highest BCUT2D eigenvalue weighted by Gasteiger charge is 2.18. The van der Waals surface area contributed by atoms with Gasteiger partial charge in [-0.1, -0.05) is 35.9 Å². The minimum atomic E-state index is -0.516. The molecule has 0 radical (unpaired) electrons. The van der Waals surface area contributed by atoms with E-state index in [9.17, 15) is 13.6 Å². The molecule has 8 heteroatoms. The number of aromatic nitrogens is 2. The molecule has 4 N–H and O–H groups in total. The number of carbonyl (C=O) groups is 1. The van der Waals surface area contributed by atoms with E-state index < -0.39 is 11.9 Å². The lowest BCUT2D eigenvalue weighted by Crippen LogP contribution is -2.33. The molecular weight excluding hydrogens is 410 g/mol. The summed E-state index contributed by atoms with van der Waals surface area (Å²) in [4.78, 5) is 19.6. The number of aromatic amines is 1. The van der Waals surface area contributed by atoms with E-state index in [2.05, 4.69) is 15.3 Å². The minimum Gasteiger partial charge on any atom is -0.383 e. The molecule has 1 aliphatic rings. The smallest absolute Gasteiger partial charge is 0.251 e. The zero-order valence-electron chi connectivity index (χ0n) is 15.6. The van der Waals surface area contributed by atoms with Gasteiger partial charge in [-0.3, -0.25) is 4.79 Å². The Morgan fingerprint density at radius 1 is 1.20 bits per heavy atom. The monoisotopic (exact) mass is 426 g/mol. The highest BCUT2D eigenvalue weighted by atomic mass is 35.5. The second-order valence-electron chi connectivity index (χ2n) is 6.79. The van der Waals surface area contributed by atoms with Gasteiger partial charge >= 0.3 is 0 Å². The van der Waals surface area contributed by atoms with Crippen LogP contribution in [-0.4, -0.2) is 21.9 Å². The maximum atomic E-state index is 14.2. The fourth-order valence-corrected chi connectivity index (χ4v) is 3.48. The van der Waals surface area contributed by atoms with Crippen molar-refractivity contribution in [2.24, 2.45) is 0 Å². The van der Waals surface area contributed by atoms with Crippen LogP contribution in [0, 0.1) is 5.82 Å². The molecule has 4 rings (SSSR count). The van der Waals surface area contributed by atoms with Crippen molar-refractivity contribution in [1.29, 1.82) is 0 Å². The average Bonchev–Trinajstić information content (AvgIpc) is 3.09. The van der Waals surface area contributed by atoms with E-state index in [0.717, 1.165) is 0 Å². The zero-order chi connectivity index (χ0) is 21.3. The lowest BCUT2D eigenvalue weighted by Gasteiger charge is -2.16. The van der Waals surface area contributed by atoms with Gasteiger partial charge in [0, 0.05) is 11.1 Å². The van der Waals surface area contributed by atoms with Gasteiger partial charge in [0.1, 0.15) is 29.0 Å². The number of hydrogen-bond donors (Lipinski definition) is 3. The number of H-pyrrole nitrogens is 1. The fraction of sp³-hybridized carbons (Fsp3) is 0.0909. The molecule has 1 unspecified atom stereocenters. The number of amides is 1. The summed E-state index contributed by atoms with van der Waals surface area (Å²) < 4.78 is 27.5. The molecule has 1 heterocycles. The molecule has 0 aliphatic heterocycles. The Labute approximate surface area is 176 Å². The summed E-state index contributed by atoms with van der Waals surface area (Å²) in [6, 6.07) is 10.6. The number of imidazole rings is 1. The predicted molar refractivity (Wildman–Crippen MR) is 113 cm³/mol. The normalized spacial score (nSPS) is 15.7. The molecule has 0 saturated carbocycles. The van der Waals surface area contributed by atoms with E-state index in [1.165, 1.54) is 24.3 Å². The van der Waals surface area contributed by atoms with E-state index in [4.69, 9.17) is 17.3 Å². The Bertz CT molecular complexity index is 1150. The first-order valence-electron chi connectivity index (χ1n) is 9.17. The quantitative estimate of drug-likeness (QED) is 0.547. The van der Waals surface area contributed by atoms with Crippen molar-refractivity contribution in [3.8, 4) is 22.6 Å². The van der Waals surface area contributed by atoms with Crippen LogP contribution in [0.1, 0.15) is 16.8 Å². The molecule has 1 aliphatic carbocycles. The molecule has 5 nitrogen and oxygen atoms in total. The first kappa shape index (κ1) is 19.8. The number of nitrogens with two attached hydrogens (primary N) is 1. The Morgan fingerprint density at radius 3 is 2.67 bits per heavy atom. The molecule has 0 saturated heterocycles. The van der Waals surface area contributed by atoms with E-state index in [0.29, 0.717) is 23.2 Å². The van der Waals surface area contributed by atoms with Crippen LogP contribution in [0.25, 0.3) is 22.6 Å². The van der Waals surface area contributed by atoms with E-state index in [1.54, 1.807) is 36.4 Å². The van der Waals surface area contributed by atoms with Gasteiger partial charge in [-0.25, -0.2) is 13.8 Å². The van der Waals surface area contributed by atoms with Crippen LogP contribution in [0.5, 0.6) is 0 Å². The molecule has 0 bridgehead atoms. The van der Waals surface area contributed by atoms with Gasteiger partial charge < -0.3 is 16.0 Å². The third-order valence-corrected chi connectivity index (χ3v) is 5.01. The van der Waals surface area contributed by atoms with Crippen molar-refractivity contribution in [3.05, 3.63) is 82.9 Å². The molecule has 2 aromatic carbocycles. The van der Waals surface area contributed by atoms with Gasteiger partial charge in [0.2, 0.25) is 0 Å². The highest BCUT2D eigenvalue weighted by molar-refractivity contribution is 6.33. The molecule has 152 valence electrons. The van der Waals surface area contributed by atoms with Crippen LogP contribution in [-0.2, 0) is 0 Å². The summed E-state index contributed by atoms with van der Waals surface area (Å²) in [5, 5.41) is 2.98. The lowest BCUT2D eigenvalue weighted by atomic mass is 10.1. The van der Waals surface area contributed by atoms with E-state index in [-0.39, 0.29) is 34.0 Å². The molecule has 1 amide bonds. The number of rotatable bonds is 4. The summed E-state index contributed by atoms with van der Waals surface area (Å²) in [7, 11) is 0. The van der Waals surface area contributed by atoms with Crippen LogP contribution in [0.15, 0.2) is 66.5 Å². The topological polar surface area (TPSA) is 83.8 Å². The summed E-state index contributed by atoms with van der Waals surface area (Å²) in [5.74, 6) is -0.748. The van der Waals surface area contributed by atoms with Gasteiger partial charge in [-0.2, -0.15) is 0 Å². The van der Waals surface area contributed by atoms with Crippen molar-refractivity contribution >= 4 is 23.3 Å². The number of hydrogen-bond acceptors (Lipinski definition) is 3. The number of nitrogens with one attached hydrogen (secondary N) is 2. The molecule has 1 atom stereocenters. The fourth-order valence-electron chi connectivity index (χ4n) is 3.22. The van der Waals surface area contributed by atoms with E-state index >= 15 is 0 Å². The molecule has 3 aromatic rings. The SMILES string of the molecule is Nc1[nH]c(-c2c(F)cccc2Cl)nc1-c1ccc(C(=O)NC2C=C(F)C=CC2)cc1. The van der Waals surface area contributed by atoms with Crippen LogP contribution in [0.4, 0.5) is 14.6 Å². The van der Waals surface area contributed by atoms with Crippen molar-refractivity contribution in [2.75, 3.05) is 5.73 Å². The van der Waals surface area contributed by atoms with Gasteiger partial charge in [0.25, 0.3) is 5.91 Å². The number of allylic oxidation sites excluding steroid dienone is 2. The number of nitrogens with zero attached hydrogens (tertiary/aromatic N) is 1. The number of anilines is 1. The Hall–Kier alpha value is -3.45. The van der Waals surface area contributed by atoms with Gasteiger partial charge in [-0.05, 0) is 42.8 Å². The van der Waals surface area contributed by atoms with Crippen LogP contribution in [0.2, 0.25) is 5.02 Å². The minimum absolute atomic E-state index is 0.134. The third-order valence-electron chi connectivity index (χ3n) is 4.70. The summed E-state index contributed by atoms with van der Waals surface area (Å²) in [6.07, 6.45) is 4.94. The van der Waals surface area contributed by atoms with Crippen molar-refractivity contribution < 1.29 is 13.6 Å². The second kappa shape index (κ2) is 8.12. The number of halogens is 3. The molecule has 0 fully saturated rings. The van der Waals surface area contributed by atoms with E-state index in [1.807, 2.05) is 0 Å². The summed E-state index contributed by atoms with van der Waals surface area (Å²) in [6.45, 7) is 0. The second-order valence-corrected chi connectivity index (χ2v) is 7.20. The highest BCUT2D eigenvalue weighted by Crippen LogP contribution is 2.33. The standard InChI is InChI=1S/C22H17ClF2N4O/c23-16-5-2-6-17(25)18(16)21-28-19(20(26)29-21)12-7-9-13(10-8-12)22(30)27-15-4-1-3-14(24)11-15/h1-3,5-11,15H,4,26H2,(H,27,30)(H,28,29). The van der Waals surface area contributed by atoms with Crippen molar-refractivity contribution in [1.82, 2.24) is 15.3 Å². The Balaban J connectivity index is 1.55. The van der Waals surface area contributed by atoms with Crippen LogP contribution in [0.3, 0.4) is 0 Å². The van der Waals surface area contributed by atoms with Crippen LogP contribution >= 0.6 is 11.6 Å². The number of carbonyl (C=O) groups excluding carboxylic acids is 1. The first-order valence-corrected chi connectivity index (χ1v) is 9.55. The number of nitrogen functional groups attached to an aromatic ring is 1. The molecule has 1 aromatic heterocycles. The largest absolute Gasteiger partial charge is 0.383 e. The summed E-state index contributed by atoms with van der Waals surface area (Å²) >= 11 is 6.10.